The quantitative estimate of drug-likeness (QED) is 0.0511. The predicted octanol–water partition coefficient (Wildman–Crippen LogP) is -2.24. The molecule has 0 spiro atoms. The van der Waals surface area contributed by atoms with Crippen LogP contribution < -0.4 is 17.0 Å². The number of carbonyl (C=O) groups is 3. The molecule has 1 amide bonds. The standard InChI is InChI=1S/C36H59N5O15/c1-4-5-6-7-8-9-10-11-12-13-19(42)16-23(44)53-21-18-39(2)25(32(49)40(3)24(21)34(50)51)30(56-35-29(48)26(45)20(17-37)54-35)31-27(46)28(47)33(55-31)41-15-14-22(43)38-36(41)52/h14-15,19-21,24-31,33,35,42,45-48H,4-13,16-18,37H2,1-3H3,(H,50,51)(H,38,43,52)/t19-,20+,21-,24-,25-,26+,27-,28+,29+,30-,31-,33+,35-/m0/s1. The van der Waals surface area contributed by atoms with Crippen molar-refractivity contribution < 1.29 is 64.0 Å². The van der Waals surface area contributed by atoms with Crippen LogP contribution in [-0.2, 0) is 33.3 Å². The van der Waals surface area contributed by atoms with Gasteiger partial charge in [0.15, 0.2) is 18.6 Å². The largest absolute Gasteiger partial charge is 0.480 e. The minimum absolute atomic E-state index is 0.243. The highest BCUT2D eigenvalue weighted by atomic mass is 16.7. The average molecular weight is 802 g/mol. The number of unbranched alkanes of at least 4 members (excludes halogenated alkanes) is 8. The fraction of sp³-hybridized carbons (Fsp3) is 0.806. The molecule has 1 aromatic rings. The van der Waals surface area contributed by atoms with Gasteiger partial charge in [-0.25, -0.2) is 9.59 Å². The molecule has 0 saturated carbocycles. The number of hydrogen-bond acceptors (Lipinski definition) is 16. The number of amides is 1. The molecule has 3 aliphatic rings. The number of hydrogen-bond donors (Lipinski definition) is 8. The van der Waals surface area contributed by atoms with Gasteiger partial charge in [-0.3, -0.25) is 28.8 Å². The van der Waals surface area contributed by atoms with Crippen molar-refractivity contribution in [3.8, 4) is 0 Å². The number of nitrogens with zero attached hydrogens (tertiary/aromatic N) is 3. The third-order valence-corrected chi connectivity index (χ3v) is 10.8. The van der Waals surface area contributed by atoms with E-state index in [4.69, 9.17) is 24.7 Å². The van der Waals surface area contributed by atoms with Crippen molar-refractivity contribution in [2.24, 2.45) is 5.73 Å². The number of carboxylic acid groups (broad SMARTS) is 1. The summed E-state index contributed by atoms with van der Waals surface area (Å²) in [6.07, 6.45) is -6.76. The average Bonchev–Trinajstić information content (AvgIpc) is 3.55. The number of aliphatic hydroxyl groups is 5. The maximum atomic E-state index is 14.3. The number of likely N-dealkylation sites (N-methyl/N-ethyl adjacent to an activating group) is 2. The molecular formula is C36H59N5O15. The number of ether oxygens (including phenoxy) is 4. The Morgan fingerprint density at radius 2 is 1.59 bits per heavy atom. The van der Waals surface area contributed by atoms with Crippen molar-refractivity contribution in [3.05, 3.63) is 33.1 Å². The number of aliphatic carboxylic acids is 1. The lowest BCUT2D eigenvalue weighted by atomic mass is 9.97. The van der Waals surface area contributed by atoms with Gasteiger partial charge in [0.05, 0.1) is 12.5 Å². The van der Waals surface area contributed by atoms with Gasteiger partial charge in [0.1, 0.15) is 54.9 Å². The molecule has 1 aromatic heterocycles. The summed E-state index contributed by atoms with van der Waals surface area (Å²) in [5, 5.41) is 64.6. The number of carbonyl (C=O) groups excluding carboxylic acids is 2. The van der Waals surface area contributed by atoms with Crippen LogP contribution in [-0.4, -0.2) is 168 Å². The number of esters is 1. The highest BCUT2D eigenvalue weighted by Gasteiger charge is 2.57. The molecular weight excluding hydrogens is 742 g/mol. The number of aromatic nitrogens is 2. The van der Waals surface area contributed by atoms with E-state index in [1.165, 1.54) is 37.6 Å². The van der Waals surface area contributed by atoms with Gasteiger partial charge in [0.25, 0.3) is 5.56 Å². The molecule has 9 N–H and O–H groups in total. The molecule has 318 valence electrons. The van der Waals surface area contributed by atoms with Gasteiger partial charge < -0.3 is 60.2 Å². The summed E-state index contributed by atoms with van der Waals surface area (Å²) in [5.41, 5.74) is 3.93. The lowest BCUT2D eigenvalue weighted by Gasteiger charge is -2.38. The maximum absolute atomic E-state index is 14.3. The van der Waals surface area contributed by atoms with Crippen LogP contribution in [0.5, 0.6) is 0 Å². The zero-order chi connectivity index (χ0) is 41.3. The van der Waals surface area contributed by atoms with Crippen molar-refractivity contribution in [3.63, 3.8) is 0 Å². The molecule has 0 aliphatic carbocycles. The van der Waals surface area contributed by atoms with Crippen LogP contribution in [0.1, 0.15) is 83.8 Å². The van der Waals surface area contributed by atoms with Crippen LogP contribution >= 0.6 is 0 Å². The first-order valence-corrected chi connectivity index (χ1v) is 19.4. The summed E-state index contributed by atoms with van der Waals surface area (Å²) < 4.78 is 24.1. The number of rotatable bonds is 20. The fourth-order valence-electron chi connectivity index (χ4n) is 7.62. The summed E-state index contributed by atoms with van der Waals surface area (Å²) in [6.45, 7) is 1.52. The Bertz CT molecular complexity index is 1560. The molecule has 3 fully saturated rings. The normalized spacial score (nSPS) is 32.3. The summed E-state index contributed by atoms with van der Waals surface area (Å²) in [6, 6.07) is -2.37. The second-order valence-corrected chi connectivity index (χ2v) is 15.0. The number of nitrogens with one attached hydrogen (secondary N) is 1. The molecule has 13 atom stereocenters. The maximum Gasteiger partial charge on any atom is 0.330 e. The second kappa shape index (κ2) is 20.9. The lowest BCUT2D eigenvalue weighted by Crippen LogP contribution is -2.59. The van der Waals surface area contributed by atoms with Crippen molar-refractivity contribution in [2.45, 2.75) is 157 Å². The van der Waals surface area contributed by atoms with Gasteiger partial charge in [0, 0.05) is 32.4 Å². The Morgan fingerprint density at radius 3 is 2.18 bits per heavy atom. The number of nitrogens with two attached hydrogens (primary N) is 1. The van der Waals surface area contributed by atoms with E-state index in [-0.39, 0.29) is 6.54 Å². The molecule has 20 heteroatoms. The Hall–Kier alpha value is -3.31. The Balaban J connectivity index is 1.54. The summed E-state index contributed by atoms with van der Waals surface area (Å²) >= 11 is 0. The summed E-state index contributed by atoms with van der Waals surface area (Å²) in [4.78, 5) is 68.5. The minimum atomic E-state index is -1.90. The van der Waals surface area contributed by atoms with E-state index in [9.17, 15) is 54.6 Å². The van der Waals surface area contributed by atoms with Crippen LogP contribution in [0.15, 0.2) is 21.9 Å². The molecule has 3 aliphatic heterocycles. The molecule has 0 bridgehead atoms. The molecule has 0 radical (unpaired) electrons. The molecule has 0 aromatic carbocycles. The smallest absolute Gasteiger partial charge is 0.330 e. The zero-order valence-electron chi connectivity index (χ0n) is 32.1. The molecule has 3 saturated heterocycles. The highest BCUT2D eigenvalue weighted by Crippen LogP contribution is 2.36. The van der Waals surface area contributed by atoms with E-state index < -0.39 is 122 Å². The highest BCUT2D eigenvalue weighted by molar-refractivity contribution is 5.88. The van der Waals surface area contributed by atoms with Crippen molar-refractivity contribution in [1.29, 1.82) is 0 Å². The van der Waals surface area contributed by atoms with Crippen molar-refractivity contribution in [1.82, 2.24) is 19.4 Å². The monoisotopic (exact) mass is 801 g/mol. The first kappa shape index (κ1) is 45.4. The Morgan fingerprint density at radius 1 is 0.946 bits per heavy atom. The van der Waals surface area contributed by atoms with Crippen LogP contribution in [0, 0.1) is 0 Å². The van der Waals surface area contributed by atoms with E-state index in [2.05, 4.69) is 6.92 Å². The molecule has 56 heavy (non-hydrogen) atoms. The van der Waals surface area contributed by atoms with Gasteiger partial charge in [-0.2, -0.15) is 0 Å². The second-order valence-electron chi connectivity index (χ2n) is 15.0. The molecule has 20 nitrogen and oxygen atoms in total. The minimum Gasteiger partial charge on any atom is -0.480 e. The Kier molecular flexibility index (Phi) is 17.0. The topological polar surface area (TPSA) is 297 Å². The van der Waals surface area contributed by atoms with Gasteiger partial charge in [0.2, 0.25) is 5.91 Å². The van der Waals surface area contributed by atoms with Crippen LogP contribution in [0.4, 0.5) is 0 Å². The number of aliphatic hydroxyl groups excluding tert-OH is 5. The molecule has 4 heterocycles. The van der Waals surface area contributed by atoms with Crippen LogP contribution in [0.25, 0.3) is 0 Å². The van der Waals surface area contributed by atoms with E-state index in [0.717, 1.165) is 54.5 Å². The predicted molar refractivity (Wildman–Crippen MR) is 195 cm³/mol. The fourth-order valence-corrected chi connectivity index (χ4v) is 7.62. The van der Waals surface area contributed by atoms with Crippen LogP contribution in [0.2, 0.25) is 0 Å². The van der Waals surface area contributed by atoms with Gasteiger partial charge in [-0.1, -0.05) is 64.7 Å². The number of H-pyrrole nitrogens is 1. The third-order valence-electron chi connectivity index (χ3n) is 10.8. The van der Waals surface area contributed by atoms with E-state index in [0.29, 0.717) is 12.8 Å². The first-order chi connectivity index (χ1) is 26.6. The van der Waals surface area contributed by atoms with Gasteiger partial charge in [-0.15, -0.1) is 0 Å². The molecule has 0 unspecified atom stereocenters. The van der Waals surface area contributed by atoms with E-state index in [1.807, 2.05) is 4.98 Å². The van der Waals surface area contributed by atoms with Gasteiger partial charge in [-0.05, 0) is 13.5 Å². The van der Waals surface area contributed by atoms with E-state index >= 15 is 0 Å². The van der Waals surface area contributed by atoms with E-state index in [1.54, 1.807) is 0 Å². The first-order valence-electron chi connectivity index (χ1n) is 19.4. The zero-order valence-corrected chi connectivity index (χ0v) is 32.1. The van der Waals surface area contributed by atoms with Crippen LogP contribution in [0.3, 0.4) is 0 Å². The van der Waals surface area contributed by atoms with Crippen molar-refractivity contribution in [2.75, 3.05) is 27.2 Å². The van der Waals surface area contributed by atoms with Gasteiger partial charge >= 0.3 is 17.6 Å². The molecule has 4 rings (SSSR count). The summed E-state index contributed by atoms with van der Waals surface area (Å²) in [5.74, 6) is -3.34. The number of aromatic amines is 1. The lowest BCUT2D eigenvalue weighted by molar-refractivity contribution is -0.233. The van der Waals surface area contributed by atoms with Crippen molar-refractivity contribution >= 4 is 17.8 Å². The SMILES string of the molecule is CCCCCCCCCCC[C@H](O)CC(=O)O[C@H]1CN(C)[C@@H]([C@H](O[C@@H]2O[C@H](CN)[C@@H](O)[C@H]2O)[C@H]2O[C@@H](n3ccc(=O)[nH]c3=O)[C@H](O)[C@@H]2O)C(=O)N(C)[C@@H]1C(=O)O. The Labute approximate surface area is 324 Å². The third kappa shape index (κ3) is 11.0. The number of carboxylic acids is 1. The summed E-state index contributed by atoms with van der Waals surface area (Å²) in [7, 11) is 2.53.